The van der Waals surface area contributed by atoms with Crippen LogP contribution in [-0.4, -0.2) is 60.7 Å². The van der Waals surface area contributed by atoms with Gasteiger partial charge in [0.2, 0.25) is 5.91 Å². The van der Waals surface area contributed by atoms with Gasteiger partial charge in [-0.05, 0) is 100.0 Å². The Labute approximate surface area is 176 Å². The number of fused-ring (bicyclic) bond motifs is 1. The minimum absolute atomic E-state index is 0.0319. The molecule has 1 amide bonds. The number of amides is 1. The van der Waals surface area contributed by atoms with Gasteiger partial charge in [-0.1, -0.05) is 12.8 Å². The zero-order valence-corrected chi connectivity index (χ0v) is 17.8. The second-order valence-corrected chi connectivity index (χ2v) is 10.4. The highest BCUT2D eigenvalue weighted by Gasteiger charge is 2.46. The molecule has 4 rings (SSSR count). The molecule has 6 nitrogen and oxygen atoms in total. The van der Waals surface area contributed by atoms with Crippen LogP contribution in [0.15, 0.2) is 0 Å². The molecule has 5 N–H and O–H groups in total. The number of nitrogens with one attached hydrogen (secondary N) is 1. The van der Waals surface area contributed by atoms with Crippen LogP contribution in [0.2, 0.25) is 5.82 Å². The van der Waals surface area contributed by atoms with Crippen molar-refractivity contribution in [2.24, 2.45) is 41.2 Å². The van der Waals surface area contributed by atoms with Crippen molar-refractivity contribution in [2.45, 2.75) is 63.6 Å². The van der Waals surface area contributed by atoms with Crippen LogP contribution < -0.4 is 11.1 Å². The summed E-state index contributed by atoms with van der Waals surface area (Å²) in [6.45, 7) is 4.47. The van der Waals surface area contributed by atoms with Crippen molar-refractivity contribution in [1.29, 1.82) is 0 Å². The lowest BCUT2D eigenvalue weighted by molar-refractivity contribution is -0.142. The average Bonchev–Trinajstić information content (AvgIpc) is 2.78. The van der Waals surface area contributed by atoms with Crippen LogP contribution >= 0.6 is 0 Å². The first-order valence-corrected chi connectivity index (χ1v) is 12.1. The number of likely N-dealkylation sites (tertiary alicyclic amines) is 1. The molecule has 0 aromatic rings. The lowest BCUT2D eigenvalue weighted by atomic mass is 9.55. The summed E-state index contributed by atoms with van der Waals surface area (Å²) in [4.78, 5) is 15.6. The molecule has 2 saturated carbocycles. The fraction of sp³-hybridized carbons (Fsp3) is 0.955. The number of piperidine rings is 2. The second kappa shape index (κ2) is 9.67. The molecule has 6 unspecified atom stereocenters. The molecule has 4 aliphatic rings. The molecule has 0 aromatic carbocycles. The van der Waals surface area contributed by atoms with Gasteiger partial charge in [-0.25, -0.2) is 0 Å². The van der Waals surface area contributed by atoms with Gasteiger partial charge in [0.1, 0.15) is 0 Å². The molecule has 29 heavy (non-hydrogen) atoms. The maximum Gasteiger partial charge on any atom is 0.454 e. The second-order valence-electron chi connectivity index (χ2n) is 10.4. The average molecular weight is 405 g/mol. The number of nitrogens with zero attached hydrogens (tertiary/aromatic N) is 1. The smallest absolute Gasteiger partial charge is 0.427 e. The van der Waals surface area contributed by atoms with Crippen molar-refractivity contribution in [3.8, 4) is 0 Å². The molecule has 0 radical (unpaired) electrons. The van der Waals surface area contributed by atoms with Crippen LogP contribution in [-0.2, 0) is 4.79 Å². The Bertz CT molecular complexity index is 555. The molecular weight excluding hydrogens is 365 g/mol. The van der Waals surface area contributed by atoms with E-state index in [1.54, 1.807) is 0 Å². The summed E-state index contributed by atoms with van der Waals surface area (Å²) in [6.07, 6.45) is 9.98. The lowest BCUT2D eigenvalue weighted by Gasteiger charge is -2.46. The maximum atomic E-state index is 13.5. The summed E-state index contributed by atoms with van der Waals surface area (Å²) in [7, 11) is -1.30. The van der Waals surface area contributed by atoms with E-state index in [2.05, 4.69) is 10.2 Å². The third kappa shape index (κ3) is 4.84. The van der Waals surface area contributed by atoms with Crippen molar-refractivity contribution in [3.63, 3.8) is 0 Å². The molecule has 0 spiro atoms. The molecule has 0 aromatic heterocycles. The van der Waals surface area contributed by atoms with Gasteiger partial charge in [0, 0.05) is 19.0 Å². The fourth-order valence-electron chi connectivity index (χ4n) is 7.05. The number of rotatable bonds is 4. The van der Waals surface area contributed by atoms with Gasteiger partial charge < -0.3 is 26.0 Å². The van der Waals surface area contributed by atoms with E-state index in [0.717, 1.165) is 70.2 Å². The van der Waals surface area contributed by atoms with Crippen molar-refractivity contribution in [2.75, 3.05) is 32.7 Å². The van der Waals surface area contributed by atoms with E-state index >= 15 is 0 Å². The zero-order chi connectivity index (χ0) is 20.4. The van der Waals surface area contributed by atoms with Gasteiger partial charge in [0.15, 0.2) is 0 Å². The van der Waals surface area contributed by atoms with Crippen LogP contribution in [0.25, 0.3) is 0 Å². The zero-order valence-electron chi connectivity index (χ0n) is 17.8. The van der Waals surface area contributed by atoms with Crippen molar-refractivity contribution >= 4 is 13.0 Å². The molecule has 2 aliphatic carbocycles. The van der Waals surface area contributed by atoms with E-state index in [-0.39, 0.29) is 17.6 Å². The minimum atomic E-state index is -1.30. The normalized spacial score (nSPS) is 39.1. The number of carbonyl (C=O) groups excluding carboxylic acids is 1. The van der Waals surface area contributed by atoms with E-state index in [1.807, 2.05) is 0 Å². The summed E-state index contributed by atoms with van der Waals surface area (Å²) in [6, 6.07) is 0. The Morgan fingerprint density at radius 3 is 2.52 bits per heavy atom. The van der Waals surface area contributed by atoms with E-state index in [9.17, 15) is 14.8 Å². The summed E-state index contributed by atoms with van der Waals surface area (Å²) in [5.41, 5.74) is 5.93. The molecule has 164 valence electrons. The third-order valence-electron chi connectivity index (χ3n) is 8.76. The van der Waals surface area contributed by atoms with Gasteiger partial charge in [-0.2, -0.15) is 0 Å². The molecule has 7 heteroatoms. The predicted molar refractivity (Wildman–Crippen MR) is 115 cm³/mol. The lowest BCUT2D eigenvalue weighted by Crippen LogP contribution is -2.52. The number of hydrogen-bond acceptors (Lipinski definition) is 5. The van der Waals surface area contributed by atoms with Crippen LogP contribution in [0.1, 0.15) is 57.8 Å². The van der Waals surface area contributed by atoms with Crippen LogP contribution in [0.4, 0.5) is 0 Å². The third-order valence-corrected chi connectivity index (χ3v) is 8.76. The summed E-state index contributed by atoms with van der Waals surface area (Å²) in [5, 5.41) is 23.0. The van der Waals surface area contributed by atoms with E-state index in [4.69, 9.17) is 5.73 Å². The molecule has 4 fully saturated rings. The van der Waals surface area contributed by atoms with E-state index in [0.29, 0.717) is 24.2 Å². The highest BCUT2D eigenvalue weighted by molar-refractivity contribution is 6.43. The van der Waals surface area contributed by atoms with E-state index < -0.39 is 7.12 Å². The predicted octanol–water partition coefficient (Wildman–Crippen LogP) is 1.47. The Morgan fingerprint density at radius 2 is 1.79 bits per heavy atom. The minimum Gasteiger partial charge on any atom is -0.427 e. The SMILES string of the molecule is NCC1CCCC(C2CCN(C(=O)C3CC(B(O)O)CC4CNCCC43)CC2)C1. The highest BCUT2D eigenvalue weighted by atomic mass is 16.4. The molecular formula is C22H40BN3O3. The van der Waals surface area contributed by atoms with Crippen LogP contribution in [0.3, 0.4) is 0 Å². The first kappa shape index (κ1) is 21.6. The van der Waals surface area contributed by atoms with Crippen molar-refractivity contribution in [1.82, 2.24) is 10.2 Å². The Kier molecular flexibility index (Phi) is 7.20. The molecule has 6 atom stereocenters. The Morgan fingerprint density at radius 1 is 1.00 bits per heavy atom. The highest BCUT2D eigenvalue weighted by Crippen LogP contribution is 2.46. The van der Waals surface area contributed by atoms with E-state index in [1.165, 1.54) is 25.7 Å². The van der Waals surface area contributed by atoms with Gasteiger partial charge in [0.25, 0.3) is 0 Å². The summed E-state index contributed by atoms with van der Waals surface area (Å²) in [5.74, 6) is 3.13. The molecule has 0 bridgehead atoms. The topological polar surface area (TPSA) is 98.8 Å². The fourth-order valence-corrected chi connectivity index (χ4v) is 7.05. The molecule has 2 heterocycles. The monoisotopic (exact) mass is 405 g/mol. The standard InChI is InChI=1S/C22H40BN3O3/c24-13-15-2-1-3-17(10-15)16-5-8-26(9-6-16)22(27)21-12-19(23(28)29)11-18-14-25-7-4-20(18)21/h15-21,25,28-29H,1-14,24H2. The first-order chi connectivity index (χ1) is 14.1. The quantitative estimate of drug-likeness (QED) is 0.531. The van der Waals surface area contributed by atoms with Gasteiger partial charge >= 0.3 is 7.12 Å². The number of carbonyl (C=O) groups is 1. The largest absolute Gasteiger partial charge is 0.454 e. The summed E-state index contributed by atoms with van der Waals surface area (Å²) >= 11 is 0. The molecule has 2 aliphatic heterocycles. The van der Waals surface area contributed by atoms with Crippen molar-refractivity contribution in [3.05, 3.63) is 0 Å². The van der Waals surface area contributed by atoms with Gasteiger partial charge in [0.05, 0.1) is 0 Å². The van der Waals surface area contributed by atoms with Gasteiger partial charge in [-0.3, -0.25) is 4.79 Å². The van der Waals surface area contributed by atoms with Crippen LogP contribution in [0, 0.1) is 35.5 Å². The summed E-state index contributed by atoms with van der Waals surface area (Å²) < 4.78 is 0. The molecule has 2 saturated heterocycles. The van der Waals surface area contributed by atoms with Crippen LogP contribution in [0.5, 0.6) is 0 Å². The Hall–Kier alpha value is -0.625. The number of hydrogen-bond donors (Lipinski definition) is 4. The maximum absolute atomic E-state index is 13.5. The number of nitrogens with two attached hydrogens (primary N) is 1. The first-order valence-electron chi connectivity index (χ1n) is 12.1. The Balaban J connectivity index is 1.35. The van der Waals surface area contributed by atoms with Crippen molar-refractivity contribution < 1.29 is 14.8 Å². The van der Waals surface area contributed by atoms with Gasteiger partial charge in [-0.15, -0.1) is 0 Å².